The Balaban J connectivity index is 0.947. The van der Waals surface area contributed by atoms with Gasteiger partial charge in [-0.25, -0.2) is 4.79 Å². The lowest BCUT2D eigenvalue weighted by molar-refractivity contribution is -0.153. The van der Waals surface area contributed by atoms with Gasteiger partial charge in [0.25, 0.3) is 0 Å². The molecule has 388 valence electrons. The Hall–Kier alpha value is -8.27. The van der Waals surface area contributed by atoms with Gasteiger partial charge in [0.2, 0.25) is 11.8 Å². The number of hydrogen-bond acceptors (Lipinski definition) is 6. The zero-order valence-electron chi connectivity index (χ0n) is 42.9. The average Bonchev–Trinajstić information content (AvgIpc) is 3.84. The highest BCUT2D eigenvalue weighted by molar-refractivity contribution is 6.31. The van der Waals surface area contributed by atoms with Crippen molar-refractivity contribution in [2.24, 2.45) is 0 Å². The Kier molecular flexibility index (Phi) is 16.4. The SMILES string of the molecule is O=C(C[C@H](NC(=O)OCC1c2ccccc2-c2ccccc21)C(=O)NCC(=O)OC(c1ccccc1)(c1ccc(C2CCCCCCC2)cc1)c1ccccc1Cl)NC(c1ccccc1)(c1ccccc1)c1ccccc1. The molecule has 2 atom stereocenters. The molecule has 1 unspecified atom stereocenters. The summed E-state index contributed by atoms with van der Waals surface area (Å²) in [6, 6.07) is 68.3. The Morgan fingerprint density at radius 1 is 0.532 bits per heavy atom. The molecule has 0 bridgehead atoms. The van der Waals surface area contributed by atoms with Gasteiger partial charge in [-0.15, -0.1) is 0 Å². The minimum atomic E-state index is -1.55. The van der Waals surface area contributed by atoms with E-state index in [4.69, 9.17) is 21.1 Å². The fourth-order valence-corrected chi connectivity index (χ4v) is 11.8. The van der Waals surface area contributed by atoms with Crippen LogP contribution in [0.2, 0.25) is 5.02 Å². The minimum Gasteiger partial charge on any atom is -0.449 e. The maximum Gasteiger partial charge on any atom is 0.407 e. The van der Waals surface area contributed by atoms with Crippen LogP contribution in [0.5, 0.6) is 0 Å². The largest absolute Gasteiger partial charge is 0.449 e. The van der Waals surface area contributed by atoms with Crippen LogP contribution in [0, 0.1) is 0 Å². The van der Waals surface area contributed by atoms with Crippen LogP contribution in [0.1, 0.15) is 113 Å². The predicted octanol–water partition coefficient (Wildman–Crippen LogP) is 13.5. The molecule has 0 aliphatic heterocycles. The van der Waals surface area contributed by atoms with Crippen LogP contribution in [-0.4, -0.2) is 43.1 Å². The van der Waals surface area contributed by atoms with Gasteiger partial charge >= 0.3 is 12.1 Å². The van der Waals surface area contributed by atoms with Crippen molar-refractivity contribution in [3.63, 3.8) is 0 Å². The number of benzene rings is 8. The van der Waals surface area contributed by atoms with E-state index in [2.05, 4.69) is 28.1 Å². The highest BCUT2D eigenvalue weighted by atomic mass is 35.5. The number of carbonyl (C=O) groups excluding carboxylic acids is 4. The molecule has 3 amide bonds. The third kappa shape index (κ3) is 11.3. The molecule has 1 saturated carbocycles. The number of ether oxygens (including phenoxy) is 2. The van der Waals surface area contributed by atoms with Crippen LogP contribution in [0.3, 0.4) is 0 Å². The molecule has 2 aliphatic rings. The van der Waals surface area contributed by atoms with Gasteiger partial charge in [-0.2, -0.15) is 0 Å². The molecule has 10 heteroatoms. The number of halogens is 1. The van der Waals surface area contributed by atoms with E-state index in [-0.39, 0.29) is 12.5 Å². The van der Waals surface area contributed by atoms with Crippen LogP contribution in [0.4, 0.5) is 4.79 Å². The van der Waals surface area contributed by atoms with E-state index in [1.807, 2.05) is 200 Å². The summed E-state index contributed by atoms with van der Waals surface area (Å²) in [7, 11) is 0. The maximum atomic E-state index is 14.9. The fourth-order valence-electron chi connectivity index (χ4n) is 11.6. The lowest BCUT2D eigenvalue weighted by atomic mass is 9.77. The van der Waals surface area contributed by atoms with Crippen molar-refractivity contribution in [3.05, 3.63) is 273 Å². The first-order valence-electron chi connectivity index (χ1n) is 26.7. The van der Waals surface area contributed by atoms with Gasteiger partial charge < -0.3 is 25.4 Å². The Bertz CT molecular complexity index is 3150. The zero-order chi connectivity index (χ0) is 53.0. The quantitative estimate of drug-likeness (QED) is 0.0617. The highest BCUT2D eigenvalue weighted by Gasteiger charge is 2.43. The van der Waals surface area contributed by atoms with Gasteiger partial charge in [0.1, 0.15) is 24.7 Å². The van der Waals surface area contributed by atoms with Gasteiger partial charge in [-0.1, -0.05) is 256 Å². The Morgan fingerprint density at radius 3 is 1.55 bits per heavy atom. The monoisotopic (exact) mass is 1040 g/mol. The first-order valence-corrected chi connectivity index (χ1v) is 27.1. The molecule has 8 aromatic rings. The molecule has 0 aromatic heterocycles. The summed E-state index contributed by atoms with van der Waals surface area (Å²) in [5.41, 5.74) is 6.81. The number of alkyl carbamates (subject to hydrolysis) is 1. The number of esters is 1. The molecule has 2 aliphatic carbocycles. The van der Waals surface area contributed by atoms with Gasteiger partial charge in [0.15, 0.2) is 5.60 Å². The van der Waals surface area contributed by atoms with E-state index >= 15 is 0 Å². The third-order valence-electron chi connectivity index (χ3n) is 15.3. The molecule has 3 N–H and O–H groups in total. The first-order chi connectivity index (χ1) is 37.7. The van der Waals surface area contributed by atoms with E-state index in [1.165, 1.54) is 37.7 Å². The van der Waals surface area contributed by atoms with Gasteiger partial charge in [-0.05, 0) is 69.3 Å². The summed E-state index contributed by atoms with van der Waals surface area (Å²) in [6.07, 6.45) is 6.93. The predicted molar refractivity (Wildman–Crippen MR) is 302 cm³/mol. The molecule has 0 spiro atoms. The molecule has 0 radical (unpaired) electrons. The first kappa shape index (κ1) is 52.2. The van der Waals surface area contributed by atoms with E-state index in [1.54, 1.807) is 6.07 Å². The lowest BCUT2D eigenvalue weighted by Crippen LogP contribution is -2.53. The van der Waals surface area contributed by atoms with Crippen LogP contribution in [-0.2, 0) is 35.0 Å². The zero-order valence-corrected chi connectivity index (χ0v) is 43.7. The molecule has 0 saturated heterocycles. The maximum absolute atomic E-state index is 14.9. The van der Waals surface area contributed by atoms with Crippen molar-refractivity contribution in [1.29, 1.82) is 0 Å². The summed E-state index contributed by atoms with van der Waals surface area (Å²) in [4.78, 5) is 58.5. The van der Waals surface area contributed by atoms with Crippen LogP contribution >= 0.6 is 11.6 Å². The van der Waals surface area contributed by atoms with Crippen molar-refractivity contribution in [2.45, 2.75) is 80.4 Å². The van der Waals surface area contributed by atoms with Gasteiger partial charge in [-0.3, -0.25) is 14.4 Å². The van der Waals surface area contributed by atoms with Crippen molar-refractivity contribution in [3.8, 4) is 11.1 Å². The van der Waals surface area contributed by atoms with E-state index in [0.717, 1.165) is 51.8 Å². The Morgan fingerprint density at radius 2 is 1.00 bits per heavy atom. The standard InChI is InChI=1S/C67H62ClN3O6/c68-60-39-23-22-38-59(60)67(52-32-16-7-17-33-52,53-42-40-48(41-43-53)47-24-8-2-1-3-9-25-47)77-63(73)45-69-64(74)61(70-65(75)76-46-58-56-36-20-18-34-54(56)55-35-19-21-37-57(55)58)44-62(72)71-66(49-26-10-4-11-27-49,50-28-12-5-13-29-50)51-30-14-6-15-31-51/h4-7,10-23,26-43,47,58,61H,1-3,8-9,24-25,44-46H2,(H,69,74)(H,70,75)(H,71,72)/t61-,67?/m0/s1. The van der Waals surface area contributed by atoms with Gasteiger partial charge in [0, 0.05) is 27.6 Å². The number of hydrogen-bond donors (Lipinski definition) is 3. The minimum absolute atomic E-state index is 0.0307. The second-order valence-corrected chi connectivity index (χ2v) is 20.4. The summed E-state index contributed by atoms with van der Waals surface area (Å²) >= 11 is 7.07. The van der Waals surface area contributed by atoms with Crippen LogP contribution < -0.4 is 16.0 Å². The van der Waals surface area contributed by atoms with E-state index in [0.29, 0.717) is 27.6 Å². The molecule has 1 fully saturated rings. The molecule has 0 heterocycles. The summed E-state index contributed by atoms with van der Waals surface area (Å²) in [6.45, 7) is -0.651. The number of amides is 3. The van der Waals surface area contributed by atoms with Crippen molar-refractivity contribution in [1.82, 2.24) is 16.0 Å². The third-order valence-corrected chi connectivity index (χ3v) is 15.6. The number of nitrogens with one attached hydrogen (secondary N) is 3. The molecular formula is C67H62ClN3O6. The molecular weight excluding hydrogens is 978 g/mol. The fraction of sp³-hybridized carbons (Fsp3) is 0.224. The molecule has 77 heavy (non-hydrogen) atoms. The molecule has 10 rings (SSSR count). The van der Waals surface area contributed by atoms with Crippen molar-refractivity contribution in [2.75, 3.05) is 13.2 Å². The van der Waals surface area contributed by atoms with Crippen LogP contribution in [0.15, 0.2) is 218 Å². The number of fused-ring (bicyclic) bond motifs is 3. The van der Waals surface area contributed by atoms with Gasteiger partial charge in [0.05, 0.1) is 6.42 Å². The average molecular weight is 1040 g/mol. The highest BCUT2D eigenvalue weighted by Crippen LogP contribution is 2.46. The topological polar surface area (TPSA) is 123 Å². The summed E-state index contributed by atoms with van der Waals surface area (Å²) < 4.78 is 12.7. The molecule has 9 nitrogen and oxygen atoms in total. The summed E-state index contributed by atoms with van der Waals surface area (Å²) in [5.74, 6) is -1.99. The van der Waals surface area contributed by atoms with E-state index in [9.17, 15) is 19.2 Å². The van der Waals surface area contributed by atoms with Crippen LogP contribution in [0.25, 0.3) is 11.1 Å². The lowest BCUT2D eigenvalue weighted by Gasteiger charge is -2.37. The second-order valence-electron chi connectivity index (χ2n) is 20.0. The normalized spacial score (nSPS) is 14.8. The smallest absolute Gasteiger partial charge is 0.407 e. The number of carbonyl (C=O) groups is 4. The Labute approximate surface area is 456 Å². The molecule has 8 aromatic carbocycles. The second kappa shape index (κ2) is 24.2. The van der Waals surface area contributed by atoms with E-state index < -0.39 is 54.0 Å². The number of rotatable bonds is 17. The summed E-state index contributed by atoms with van der Waals surface area (Å²) in [5, 5.41) is 9.14. The van der Waals surface area contributed by atoms with Crippen molar-refractivity contribution >= 4 is 35.5 Å². The van der Waals surface area contributed by atoms with Crippen molar-refractivity contribution < 1.29 is 28.7 Å².